The second kappa shape index (κ2) is 8.28. The summed E-state index contributed by atoms with van der Waals surface area (Å²) in [4.78, 5) is 27.2. The first-order chi connectivity index (χ1) is 14.7. The highest BCUT2D eigenvalue weighted by molar-refractivity contribution is 7.18. The van der Waals surface area contributed by atoms with Gasteiger partial charge in [-0.25, -0.2) is 9.97 Å². The summed E-state index contributed by atoms with van der Waals surface area (Å²) < 4.78 is 1.22. The van der Waals surface area contributed by atoms with Gasteiger partial charge in [0.25, 0.3) is 5.56 Å². The predicted octanol–water partition coefficient (Wildman–Crippen LogP) is 3.72. The Morgan fingerprint density at radius 1 is 1.20 bits per heavy atom. The molecule has 2 fully saturated rings. The monoisotopic (exact) mass is 422 g/mol. The van der Waals surface area contributed by atoms with Crippen LogP contribution in [0.3, 0.4) is 0 Å². The van der Waals surface area contributed by atoms with Gasteiger partial charge in [-0.2, -0.15) is 0 Å². The van der Waals surface area contributed by atoms with Crippen molar-refractivity contribution in [1.29, 1.82) is 5.41 Å². The number of H-pyrrole nitrogens is 1. The van der Waals surface area contributed by atoms with E-state index in [2.05, 4.69) is 27.3 Å². The first-order valence-corrected chi connectivity index (χ1v) is 11.5. The lowest BCUT2D eigenvalue weighted by molar-refractivity contribution is 0.134. The van der Waals surface area contributed by atoms with E-state index >= 15 is 0 Å². The molecule has 3 heterocycles. The summed E-state index contributed by atoms with van der Waals surface area (Å²) >= 11 is 1.74. The number of thiazole rings is 1. The summed E-state index contributed by atoms with van der Waals surface area (Å²) in [6.07, 6.45) is 6.99. The van der Waals surface area contributed by atoms with E-state index in [1.54, 1.807) is 11.3 Å². The van der Waals surface area contributed by atoms with E-state index in [0.29, 0.717) is 17.4 Å². The fourth-order valence-electron chi connectivity index (χ4n) is 4.43. The van der Waals surface area contributed by atoms with E-state index in [9.17, 15) is 4.79 Å². The molecule has 3 aromatic rings. The minimum absolute atomic E-state index is 0.207. The maximum atomic E-state index is 12.5. The van der Waals surface area contributed by atoms with Crippen molar-refractivity contribution in [3.05, 3.63) is 51.0 Å². The average Bonchev–Trinajstić information content (AvgIpc) is 3.13. The number of aromatic nitrogens is 3. The minimum Gasteiger partial charge on any atom is -0.367 e. The fourth-order valence-corrected chi connectivity index (χ4v) is 5.44. The van der Waals surface area contributed by atoms with Crippen LogP contribution in [0.5, 0.6) is 0 Å². The first kappa shape index (κ1) is 19.4. The van der Waals surface area contributed by atoms with E-state index in [0.717, 1.165) is 55.0 Å². The molecule has 0 bridgehead atoms. The van der Waals surface area contributed by atoms with Crippen LogP contribution in [0.1, 0.15) is 54.4 Å². The molecule has 1 aliphatic carbocycles. The lowest BCUT2D eigenvalue weighted by atomic mass is 9.95. The topological polar surface area (TPSA) is 97.8 Å². The van der Waals surface area contributed by atoms with Gasteiger partial charge in [0.1, 0.15) is 16.6 Å². The molecule has 0 unspecified atom stereocenters. The second-order valence-corrected chi connectivity index (χ2v) is 9.42. The van der Waals surface area contributed by atoms with Gasteiger partial charge < -0.3 is 15.7 Å². The Morgan fingerprint density at radius 2 is 2.00 bits per heavy atom. The number of nitrogens with zero attached hydrogens (tertiary/aromatic N) is 3. The maximum absolute atomic E-state index is 12.5. The van der Waals surface area contributed by atoms with Crippen molar-refractivity contribution in [3.8, 4) is 0 Å². The summed E-state index contributed by atoms with van der Waals surface area (Å²) in [5.41, 5.74) is 1.16. The van der Waals surface area contributed by atoms with Crippen LogP contribution in [-0.2, 0) is 6.54 Å². The highest BCUT2D eigenvalue weighted by Crippen LogP contribution is 2.29. The molecular weight excluding hydrogens is 396 g/mol. The van der Waals surface area contributed by atoms with Gasteiger partial charge in [0, 0.05) is 31.3 Å². The highest BCUT2D eigenvalue weighted by atomic mass is 32.1. The largest absolute Gasteiger partial charge is 0.367 e. The van der Waals surface area contributed by atoms with Crippen molar-refractivity contribution >= 4 is 33.6 Å². The normalized spacial score (nSPS) is 18.4. The van der Waals surface area contributed by atoms with E-state index in [1.807, 2.05) is 12.1 Å². The maximum Gasteiger partial charge on any atom is 0.261 e. The third kappa shape index (κ3) is 3.89. The lowest BCUT2D eigenvalue weighted by Gasteiger charge is -2.38. The van der Waals surface area contributed by atoms with Crippen LogP contribution < -0.4 is 10.9 Å². The van der Waals surface area contributed by atoms with Crippen LogP contribution in [0.2, 0.25) is 0 Å². The molecule has 1 saturated carbocycles. The summed E-state index contributed by atoms with van der Waals surface area (Å²) in [5, 5.41) is 12.2. The summed E-state index contributed by atoms with van der Waals surface area (Å²) in [7, 11) is 0. The zero-order valence-electron chi connectivity index (χ0n) is 16.9. The smallest absolute Gasteiger partial charge is 0.261 e. The van der Waals surface area contributed by atoms with Crippen LogP contribution in [0, 0.1) is 5.41 Å². The van der Waals surface area contributed by atoms with Gasteiger partial charge in [-0.05, 0) is 25.0 Å². The molecule has 30 heavy (non-hydrogen) atoms. The minimum atomic E-state index is -0.224. The summed E-state index contributed by atoms with van der Waals surface area (Å²) in [5.74, 6) is 1.50. The van der Waals surface area contributed by atoms with Crippen molar-refractivity contribution in [1.82, 2.24) is 19.9 Å². The lowest BCUT2D eigenvalue weighted by Crippen LogP contribution is -2.45. The predicted molar refractivity (Wildman–Crippen MR) is 121 cm³/mol. The van der Waals surface area contributed by atoms with Crippen molar-refractivity contribution in [2.24, 2.45) is 0 Å². The number of anilines is 1. The van der Waals surface area contributed by atoms with E-state index in [-0.39, 0.29) is 11.5 Å². The van der Waals surface area contributed by atoms with Gasteiger partial charge in [0.05, 0.1) is 22.3 Å². The zero-order valence-corrected chi connectivity index (χ0v) is 17.7. The molecule has 0 spiro atoms. The molecule has 5 rings (SSSR count). The van der Waals surface area contributed by atoms with Gasteiger partial charge in [0.2, 0.25) is 0 Å². The molecule has 0 amide bonds. The van der Waals surface area contributed by atoms with Crippen molar-refractivity contribution < 1.29 is 0 Å². The number of para-hydroxylation sites is 1. The number of hydrogen-bond donors (Lipinski definition) is 3. The number of benzene rings is 1. The van der Waals surface area contributed by atoms with Crippen LogP contribution in [0.15, 0.2) is 29.1 Å². The number of rotatable bonds is 6. The van der Waals surface area contributed by atoms with Gasteiger partial charge >= 0.3 is 0 Å². The molecule has 0 atom stereocenters. The number of nitrogens with one attached hydrogen (secondary N) is 3. The zero-order chi connectivity index (χ0) is 20.5. The Balaban J connectivity index is 1.27. The standard InChI is InChI=1S/C22H26N6OS/c23-10-16-21(24-15-6-2-1-3-7-15)26-20(27-22(16)29)14-11-28(12-14)13-19-25-17-8-4-5-9-18(17)30-19/h4-5,8-10,14-15,23H,1-3,6-7,11-13H2,(H2,24,26,27,29). The Labute approximate surface area is 179 Å². The molecule has 0 radical (unpaired) electrons. The van der Waals surface area contributed by atoms with Gasteiger partial charge in [0.15, 0.2) is 0 Å². The number of hydrogen-bond acceptors (Lipinski definition) is 7. The highest BCUT2D eigenvalue weighted by Gasteiger charge is 2.31. The van der Waals surface area contributed by atoms with Crippen molar-refractivity contribution in [3.63, 3.8) is 0 Å². The molecular formula is C22H26N6OS. The molecule has 2 aromatic heterocycles. The molecule has 7 nitrogen and oxygen atoms in total. The van der Waals surface area contributed by atoms with Crippen LogP contribution in [0.25, 0.3) is 10.2 Å². The number of aromatic amines is 1. The molecule has 1 aromatic carbocycles. The Morgan fingerprint density at radius 3 is 2.77 bits per heavy atom. The summed E-state index contributed by atoms with van der Waals surface area (Å²) in [6.45, 7) is 2.53. The number of likely N-dealkylation sites (tertiary alicyclic amines) is 1. The third-order valence-corrected chi connectivity index (χ3v) is 7.13. The molecule has 156 valence electrons. The van der Waals surface area contributed by atoms with E-state index in [4.69, 9.17) is 15.4 Å². The van der Waals surface area contributed by atoms with Crippen molar-refractivity contribution in [2.45, 2.75) is 50.6 Å². The third-order valence-electron chi connectivity index (χ3n) is 6.10. The average molecular weight is 423 g/mol. The Hall–Kier alpha value is -2.58. The number of fused-ring (bicyclic) bond motifs is 1. The van der Waals surface area contributed by atoms with Crippen LogP contribution in [-0.4, -0.2) is 45.2 Å². The van der Waals surface area contributed by atoms with Gasteiger partial charge in [-0.3, -0.25) is 9.69 Å². The second-order valence-electron chi connectivity index (χ2n) is 8.30. The summed E-state index contributed by atoms with van der Waals surface area (Å²) in [6, 6.07) is 8.56. The Kier molecular flexibility index (Phi) is 5.35. The fraction of sp³-hybridized carbons (Fsp3) is 0.455. The van der Waals surface area contributed by atoms with Gasteiger partial charge in [-0.15, -0.1) is 11.3 Å². The SMILES string of the molecule is N=Cc1c(NC2CCCCC2)nc(C2CN(Cc3nc4ccccc4s3)C2)[nH]c1=O. The molecule has 1 aliphatic heterocycles. The van der Waals surface area contributed by atoms with Crippen LogP contribution >= 0.6 is 11.3 Å². The van der Waals surface area contributed by atoms with E-state index < -0.39 is 0 Å². The molecule has 1 saturated heterocycles. The van der Waals surface area contributed by atoms with Gasteiger partial charge in [-0.1, -0.05) is 31.4 Å². The molecule has 8 heteroatoms. The van der Waals surface area contributed by atoms with Crippen LogP contribution in [0.4, 0.5) is 5.82 Å². The van der Waals surface area contributed by atoms with Crippen molar-refractivity contribution in [2.75, 3.05) is 18.4 Å². The first-order valence-electron chi connectivity index (χ1n) is 10.7. The molecule has 2 aliphatic rings. The van der Waals surface area contributed by atoms with E-state index in [1.165, 1.54) is 24.0 Å². The molecule has 3 N–H and O–H groups in total. The quantitative estimate of drug-likeness (QED) is 0.526. The Bertz CT molecular complexity index is 1080.